The lowest BCUT2D eigenvalue weighted by molar-refractivity contribution is 0.321. The van der Waals surface area contributed by atoms with Gasteiger partial charge in [0.15, 0.2) is 0 Å². The zero-order valence-electron chi connectivity index (χ0n) is 10.5. The zero-order valence-corrected chi connectivity index (χ0v) is 12.0. The van der Waals surface area contributed by atoms with E-state index in [1.807, 2.05) is 6.07 Å². The monoisotopic (exact) mass is 284 g/mol. The minimum Gasteiger partial charge on any atom is -0.493 e. The number of hydrogen-bond donors (Lipinski definition) is 0. The lowest BCUT2D eigenvalue weighted by Gasteiger charge is -2.27. The molecule has 1 aromatic carbocycles. The molecule has 1 heterocycles. The first-order valence-corrected chi connectivity index (χ1v) is 7.64. The highest BCUT2D eigenvalue weighted by Gasteiger charge is 2.34. The van der Waals surface area contributed by atoms with Crippen molar-refractivity contribution in [1.29, 1.82) is 0 Å². The van der Waals surface area contributed by atoms with Gasteiger partial charge in [0.25, 0.3) is 0 Å². The van der Waals surface area contributed by atoms with Gasteiger partial charge in [0, 0.05) is 17.3 Å². The third-order valence-electron chi connectivity index (χ3n) is 4.34. The minimum absolute atomic E-state index is 0.270. The average molecular weight is 285 g/mol. The molecule has 0 amide bonds. The molecule has 0 N–H and O–H groups in total. The van der Waals surface area contributed by atoms with E-state index < -0.39 is 0 Å². The largest absolute Gasteiger partial charge is 0.493 e. The Balaban J connectivity index is 1.92. The van der Waals surface area contributed by atoms with Gasteiger partial charge in [-0.3, -0.25) is 0 Å². The van der Waals surface area contributed by atoms with Gasteiger partial charge < -0.3 is 4.74 Å². The van der Waals surface area contributed by atoms with E-state index >= 15 is 0 Å². The molecule has 0 aromatic heterocycles. The Morgan fingerprint density at radius 1 is 1.22 bits per heavy atom. The summed E-state index contributed by atoms with van der Waals surface area (Å²) in [5.74, 6) is 1.82. The van der Waals surface area contributed by atoms with Gasteiger partial charge in [0.2, 0.25) is 0 Å². The summed E-state index contributed by atoms with van der Waals surface area (Å²) in [4.78, 5) is 0. The van der Waals surface area contributed by atoms with Gasteiger partial charge in [-0.25, -0.2) is 0 Å². The Hall–Kier alpha value is -0.400. The van der Waals surface area contributed by atoms with Crippen molar-refractivity contribution in [3.63, 3.8) is 0 Å². The van der Waals surface area contributed by atoms with Crippen molar-refractivity contribution >= 4 is 23.2 Å². The van der Waals surface area contributed by atoms with Crippen LogP contribution in [0.4, 0.5) is 0 Å². The maximum absolute atomic E-state index is 6.23. The minimum atomic E-state index is 0.270. The van der Waals surface area contributed by atoms with E-state index in [0.29, 0.717) is 0 Å². The average Bonchev–Trinajstić information content (AvgIpc) is 2.98. The summed E-state index contributed by atoms with van der Waals surface area (Å²) < 4.78 is 5.78. The molecule has 18 heavy (non-hydrogen) atoms. The van der Waals surface area contributed by atoms with E-state index in [1.165, 1.54) is 36.8 Å². The fourth-order valence-corrected chi connectivity index (χ4v) is 3.99. The van der Waals surface area contributed by atoms with Gasteiger partial charge in [-0.05, 0) is 47.9 Å². The molecule has 0 atom stereocenters. The molecule has 0 bridgehead atoms. The summed E-state index contributed by atoms with van der Waals surface area (Å²) in [6.07, 6.45) is 7.07. The SMILES string of the molecule is ClCC1(Cc2cc(Cl)cc3c2OCC3)CCCC1. The van der Waals surface area contributed by atoms with Gasteiger partial charge in [-0.1, -0.05) is 24.4 Å². The maximum Gasteiger partial charge on any atom is 0.125 e. The highest BCUT2D eigenvalue weighted by atomic mass is 35.5. The number of rotatable bonds is 3. The fraction of sp³-hybridized carbons (Fsp3) is 0.600. The lowest BCUT2D eigenvalue weighted by atomic mass is 9.81. The first kappa shape index (κ1) is 12.6. The molecule has 0 unspecified atom stereocenters. The van der Waals surface area contributed by atoms with Crippen molar-refractivity contribution in [2.75, 3.05) is 12.5 Å². The zero-order chi connectivity index (χ0) is 12.6. The first-order valence-electron chi connectivity index (χ1n) is 6.73. The Morgan fingerprint density at radius 3 is 2.72 bits per heavy atom. The van der Waals surface area contributed by atoms with Crippen LogP contribution in [-0.4, -0.2) is 12.5 Å². The number of fused-ring (bicyclic) bond motifs is 1. The Morgan fingerprint density at radius 2 is 2.00 bits per heavy atom. The molecule has 3 rings (SSSR count). The van der Waals surface area contributed by atoms with Crippen molar-refractivity contribution < 1.29 is 4.74 Å². The molecular weight excluding hydrogens is 267 g/mol. The Bertz CT molecular complexity index is 450. The quantitative estimate of drug-likeness (QED) is 0.736. The molecule has 1 fully saturated rings. The van der Waals surface area contributed by atoms with Crippen molar-refractivity contribution in [3.05, 3.63) is 28.3 Å². The predicted molar refractivity (Wildman–Crippen MR) is 76.0 cm³/mol. The second-order valence-electron chi connectivity index (χ2n) is 5.67. The number of benzene rings is 1. The maximum atomic E-state index is 6.23. The van der Waals surface area contributed by atoms with E-state index in [1.54, 1.807) is 0 Å². The number of ether oxygens (including phenoxy) is 1. The third kappa shape index (κ3) is 2.23. The molecule has 1 aliphatic heterocycles. The molecule has 1 saturated carbocycles. The van der Waals surface area contributed by atoms with E-state index in [-0.39, 0.29) is 5.41 Å². The smallest absolute Gasteiger partial charge is 0.125 e. The number of hydrogen-bond acceptors (Lipinski definition) is 1. The lowest BCUT2D eigenvalue weighted by Crippen LogP contribution is -2.22. The van der Waals surface area contributed by atoms with E-state index in [0.717, 1.165) is 36.1 Å². The second-order valence-corrected chi connectivity index (χ2v) is 6.37. The number of halogens is 2. The van der Waals surface area contributed by atoms with Gasteiger partial charge >= 0.3 is 0 Å². The van der Waals surface area contributed by atoms with Crippen LogP contribution < -0.4 is 4.74 Å². The topological polar surface area (TPSA) is 9.23 Å². The normalized spacial score (nSPS) is 20.8. The Kier molecular flexibility index (Phi) is 3.46. The van der Waals surface area contributed by atoms with Gasteiger partial charge in [0.1, 0.15) is 5.75 Å². The summed E-state index contributed by atoms with van der Waals surface area (Å²) in [6, 6.07) is 4.10. The van der Waals surface area contributed by atoms with Crippen LogP contribution in [0.15, 0.2) is 12.1 Å². The molecular formula is C15H18Cl2O. The summed E-state index contributed by atoms with van der Waals surface area (Å²) in [6.45, 7) is 0.788. The number of alkyl halides is 1. The van der Waals surface area contributed by atoms with Gasteiger partial charge in [-0.2, -0.15) is 0 Å². The van der Waals surface area contributed by atoms with Crippen molar-refractivity contribution in [2.45, 2.75) is 38.5 Å². The van der Waals surface area contributed by atoms with Crippen LogP contribution >= 0.6 is 23.2 Å². The van der Waals surface area contributed by atoms with E-state index in [2.05, 4.69) is 6.07 Å². The van der Waals surface area contributed by atoms with E-state index in [4.69, 9.17) is 27.9 Å². The van der Waals surface area contributed by atoms with Crippen molar-refractivity contribution in [2.24, 2.45) is 5.41 Å². The van der Waals surface area contributed by atoms with Gasteiger partial charge in [0.05, 0.1) is 6.61 Å². The molecule has 0 radical (unpaired) electrons. The van der Waals surface area contributed by atoms with Crippen molar-refractivity contribution in [3.8, 4) is 5.75 Å². The third-order valence-corrected chi connectivity index (χ3v) is 5.12. The highest BCUT2D eigenvalue weighted by Crippen LogP contribution is 2.45. The standard InChI is InChI=1S/C15H18Cl2O/c16-10-15(4-1-2-5-15)9-12-8-13(17)7-11-3-6-18-14(11)12/h7-8H,1-6,9-10H2. The summed E-state index contributed by atoms with van der Waals surface area (Å²) in [7, 11) is 0. The molecule has 0 saturated heterocycles. The van der Waals surface area contributed by atoms with Crippen LogP contribution in [0.5, 0.6) is 5.75 Å². The molecule has 2 aliphatic rings. The van der Waals surface area contributed by atoms with Crippen LogP contribution in [0, 0.1) is 5.41 Å². The first-order chi connectivity index (χ1) is 8.72. The molecule has 0 spiro atoms. The predicted octanol–water partition coefficient (Wildman–Crippen LogP) is 4.62. The van der Waals surface area contributed by atoms with Crippen LogP contribution in [0.1, 0.15) is 36.8 Å². The van der Waals surface area contributed by atoms with E-state index in [9.17, 15) is 0 Å². The second kappa shape index (κ2) is 4.94. The summed E-state index contributed by atoms with van der Waals surface area (Å²) >= 11 is 12.4. The molecule has 98 valence electrons. The van der Waals surface area contributed by atoms with Crippen LogP contribution in [0.2, 0.25) is 5.02 Å². The molecule has 1 aliphatic carbocycles. The summed E-state index contributed by atoms with van der Waals surface area (Å²) in [5, 5.41) is 0.831. The van der Waals surface area contributed by atoms with Crippen LogP contribution in [0.25, 0.3) is 0 Å². The highest BCUT2D eigenvalue weighted by molar-refractivity contribution is 6.30. The van der Waals surface area contributed by atoms with Crippen LogP contribution in [-0.2, 0) is 12.8 Å². The Labute approximate surface area is 118 Å². The van der Waals surface area contributed by atoms with Crippen molar-refractivity contribution in [1.82, 2.24) is 0 Å². The van der Waals surface area contributed by atoms with Crippen LogP contribution in [0.3, 0.4) is 0 Å². The molecule has 3 heteroatoms. The molecule has 1 nitrogen and oxygen atoms in total. The van der Waals surface area contributed by atoms with Gasteiger partial charge in [-0.15, -0.1) is 11.6 Å². The summed E-state index contributed by atoms with van der Waals surface area (Å²) in [5.41, 5.74) is 2.80. The molecule has 1 aromatic rings. The fourth-order valence-electron chi connectivity index (χ4n) is 3.36.